The van der Waals surface area contributed by atoms with E-state index < -0.39 is 0 Å². The van der Waals surface area contributed by atoms with Crippen LogP contribution in [0, 0.1) is 0 Å². The summed E-state index contributed by atoms with van der Waals surface area (Å²) in [7, 11) is 7.22. The molecule has 0 aliphatic carbocycles. The number of methoxy groups -OCH3 is 2. The lowest BCUT2D eigenvalue weighted by Crippen LogP contribution is -2.40. The molecule has 0 saturated heterocycles. The highest BCUT2D eigenvalue weighted by atomic mass is 16.5. The average molecular weight is 323 g/mol. The molecule has 0 aliphatic rings. The molecular weight excluding hydrogens is 294 g/mol. The Hall–Kier alpha value is -1.86. The van der Waals surface area contributed by atoms with Crippen molar-refractivity contribution in [2.45, 2.75) is 13.0 Å². The summed E-state index contributed by atoms with van der Waals surface area (Å²) in [6.07, 6.45) is 2.84. The summed E-state index contributed by atoms with van der Waals surface area (Å²) in [5, 5.41) is 6.57. The first-order valence-corrected chi connectivity index (χ1v) is 7.80. The zero-order valence-electron chi connectivity index (χ0n) is 14.6. The number of guanidine groups is 1. The number of nitrogens with zero attached hydrogens (tertiary/aromatic N) is 3. The molecule has 1 aromatic rings. The van der Waals surface area contributed by atoms with Gasteiger partial charge >= 0.3 is 0 Å². The van der Waals surface area contributed by atoms with Crippen molar-refractivity contribution in [3.63, 3.8) is 0 Å². The van der Waals surface area contributed by atoms with Gasteiger partial charge in [-0.3, -0.25) is 4.99 Å². The summed E-state index contributed by atoms with van der Waals surface area (Å²) in [5.74, 6) is 1.40. The smallest absolute Gasteiger partial charge is 0.212 e. The highest BCUT2D eigenvalue weighted by molar-refractivity contribution is 5.79. The average Bonchev–Trinajstić information content (AvgIpc) is 2.58. The maximum absolute atomic E-state index is 5.06. The molecule has 0 atom stereocenters. The second kappa shape index (κ2) is 11.7. The zero-order chi connectivity index (χ0) is 16.9. The van der Waals surface area contributed by atoms with Gasteiger partial charge in [-0.25, -0.2) is 4.98 Å². The number of rotatable bonds is 10. The fourth-order valence-corrected chi connectivity index (χ4v) is 2.00. The van der Waals surface area contributed by atoms with Crippen molar-refractivity contribution in [1.29, 1.82) is 0 Å². The highest BCUT2D eigenvalue weighted by Gasteiger charge is 2.01. The van der Waals surface area contributed by atoms with E-state index in [0.29, 0.717) is 12.4 Å². The molecule has 1 aromatic heterocycles. The van der Waals surface area contributed by atoms with Crippen LogP contribution in [0.5, 0.6) is 5.88 Å². The number of likely N-dealkylation sites (N-methyl/N-ethyl adjacent to an activating group) is 1. The minimum atomic E-state index is 0.618. The lowest BCUT2D eigenvalue weighted by atomic mass is 10.3. The fourth-order valence-electron chi connectivity index (χ4n) is 2.00. The molecular formula is C16H29N5O2. The van der Waals surface area contributed by atoms with Gasteiger partial charge in [0.05, 0.1) is 7.11 Å². The molecule has 1 rings (SSSR count). The Morgan fingerprint density at radius 2 is 2.09 bits per heavy atom. The van der Waals surface area contributed by atoms with Gasteiger partial charge in [0, 0.05) is 59.2 Å². The third-order valence-corrected chi connectivity index (χ3v) is 3.36. The molecule has 0 radical (unpaired) electrons. The molecule has 130 valence electrons. The number of nitrogens with one attached hydrogen (secondary N) is 2. The summed E-state index contributed by atoms with van der Waals surface area (Å²) in [4.78, 5) is 10.7. The number of pyridine rings is 1. The lowest BCUT2D eigenvalue weighted by Gasteiger charge is -2.18. The molecule has 0 unspecified atom stereocenters. The van der Waals surface area contributed by atoms with Crippen molar-refractivity contribution < 1.29 is 9.47 Å². The van der Waals surface area contributed by atoms with Crippen LogP contribution in [0.3, 0.4) is 0 Å². The molecule has 1 heterocycles. The van der Waals surface area contributed by atoms with Crippen molar-refractivity contribution >= 4 is 5.96 Å². The zero-order valence-corrected chi connectivity index (χ0v) is 14.6. The van der Waals surface area contributed by atoms with Gasteiger partial charge in [-0.1, -0.05) is 6.07 Å². The van der Waals surface area contributed by atoms with Crippen LogP contribution in [0.1, 0.15) is 12.0 Å². The summed E-state index contributed by atoms with van der Waals surface area (Å²) < 4.78 is 10.1. The first kappa shape index (κ1) is 19.2. The van der Waals surface area contributed by atoms with Crippen molar-refractivity contribution in [3.05, 3.63) is 23.9 Å². The van der Waals surface area contributed by atoms with E-state index in [1.165, 1.54) is 0 Å². The van der Waals surface area contributed by atoms with Crippen LogP contribution in [-0.4, -0.2) is 70.4 Å². The fraction of sp³-hybridized carbons (Fsp3) is 0.625. The molecule has 2 N–H and O–H groups in total. The maximum atomic E-state index is 5.06. The van der Waals surface area contributed by atoms with E-state index in [1.807, 2.05) is 12.1 Å². The molecule has 0 saturated carbocycles. The van der Waals surface area contributed by atoms with Gasteiger partial charge in [0.2, 0.25) is 5.88 Å². The summed E-state index contributed by atoms with van der Waals surface area (Å²) in [5.41, 5.74) is 1.07. The standard InChI is InChI=1S/C16H29N5O2/c1-17-16(18-8-10-21(2)9-5-11-22-3)20-13-14-6-7-15(23-4)19-12-14/h6-7,12H,5,8-11,13H2,1-4H3,(H2,17,18,20). The van der Waals surface area contributed by atoms with Gasteiger partial charge in [0.1, 0.15) is 0 Å². The van der Waals surface area contributed by atoms with Crippen LogP contribution in [-0.2, 0) is 11.3 Å². The van der Waals surface area contributed by atoms with Gasteiger partial charge in [0.15, 0.2) is 5.96 Å². The molecule has 7 nitrogen and oxygen atoms in total. The maximum Gasteiger partial charge on any atom is 0.212 e. The van der Waals surface area contributed by atoms with Gasteiger partial charge in [-0.2, -0.15) is 0 Å². The van der Waals surface area contributed by atoms with Gasteiger partial charge in [0.25, 0.3) is 0 Å². The molecule has 0 fully saturated rings. The Labute approximate surface area is 139 Å². The minimum Gasteiger partial charge on any atom is -0.481 e. The monoisotopic (exact) mass is 323 g/mol. The van der Waals surface area contributed by atoms with E-state index in [9.17, 15) is 0 Å². The third-order valence-electron chi connectivity index (χ3n) is 3.36. The van der Waals surface area contributed by atoms with Crippen molar-refractivity contribution in [1.82, 2.24) is 20.5 Å². The number of ether oxygens (including phenoxy) is 2. The van der Waals surface area contributed by atoms with Crippen LogP contribution < -0.4 is 15.4 Å². The Bertz CT molecular complexity index is 450. The Kier molecular flexibility index (Phi) is 9.74. The number of aromatic nitrogens is 1. The molecule has 0 bridgehead atoms. The quantitative estimate of drug-likeness (QED) is 0.376. The third kappa shape index (κ3) is 8.37. The molecule has 7 heteroatoms. The predicted molar refractivity (Wildman–Crippen MR) is 93.0 cm³/mol. The van der Waals surface area contributed by atoms with E-state index in [0.717, 1.165) is 44.2 Å². The van der Waals surface area contributed by atoms with E-state index in [2.05, 4.69) is 32.6 Å². The van der Waals surface area contributed by atoms with Crippen LogP contribution in [0.25, 0.3) is 0 Å². The van der Waals surface area contributed by atoms with Crippen molar-refractivity contribution in [3.8, 4) is 5.88 Å². The first-order chi connectivity index (χ1) is 11.2. The van der Waals surface area contributed by atoms with Crippen molar-refractivity contribution in [2.75, 3.05) is 54.6 Å². The largest absolute Gasteiger partial charge is 0.481 e. The molecule has 0 spiro atoms. The van der Waals surface area contributed by atoms with Crippen LogP contribution in [0.2, 0.25) is 0 Å². The Balaban J connectivity index is 2.23. The summed E-state index contributed by atoms with van der Waals surface area (Å²) in [6.45, 7) is 4.29. The normalized spacial score (nSPS) is 11.6. The Morgan fingerprint density at radius 3 is 2.70 bits per heavy atom. The number of hydrogen-bond donors (Lipinski definition) is 2. The summed E-state index contributed by atoms with van der Waals surface area (Å²) >= 11 is 0. The summed E-state index contributed by atoms with van der Waals surface area (Å²) in [6, 6.07) is 3.83. The predicted octanol–water partition coefficient (Wildman–Crippen LogP) is 0.724. The second-order valence-electron chi connectivity index (χ2n) is 5.21. The van der Waals surface area contributed by atoms with Crippen molar-refractivity contribution in [2.24, 2.45) is 4.99 Å². The van der Waals surface area contributed by atoms with E-state index >= 15 is 0 Å². The van der Waals surface area contributed by atoms with E-state index in [-0.39, 0.29) is 0 Å². The van der Waals surface area contributed by atoms with E-state index in [4.69, 9.17) is 9.47 Å². The Morgan fingerprint density at radius 1 is 1.26 bits per heavy atom. The lowest BCUT2D eigenvalue weighted by molar-refractivity contribution is 0.180. The molecule has 23 heavy (non-hydrogen) atoms. The number of hydrogen-bond acceptors (Lipinski definition) is 5. The molecule has 0 aliphatic heterocycles. The highest BCUT2D eigenvalue weighted by Crippen LogP contribution is 2.05. The van der Waals surface area contributed by atoms with E-state index in [1.54, 1.807) is 27.5 Å². The van der Waals surface area contributed by atoms with Crippen LogP contribution >= 0.6 is 0 Å². The molecule has 0 amide bonds. The van der Waals surface area contributed by atoms with Gasteiger partial charge in [-0.05, 0) is 19.0 Å². The van der Waals surface area contributed by atoms with Crippen LogP contribution in [0.15, 0.2) is 23.3 Å². The SMILES string of the molecule is CN=C(NCCN(C)CCCOC)NCc1ccc(OC)nc1. The topological polar surface area (TPSA) is 71.0 Å². The second-order valence-corrected chi connectivity index (χ2v) is 5.21. The first-order valence-electron chi connectivity index (χ1n) is 7.80. The van der Waals surface area contributed by atoms with Crippen LogP contribution in [0.4, 0.5) is 0 Å². The minimum absolute atomic E-state index is 0.618. The molecule has 0 aromatic carbocycles. The number of aliphatic imine (C=N–C) groups is 1. The van der Waals surface area contributed by atoms with Gasteiger partial charge in [-0.15, -0.1) is 0 Å². The van der Waals surface area contributed by atoms with Gasteiger partial charge < -0.3 is 25.0 Å².